The molecule has 246 valence electrons. The van der Waals surface area contributed by atoms with E-state index in [0.29, 0.717) is 0 Å². The molecule has 3 heteroatoms. The summed E-state index contributed by atoms with van der Waals surface area (Å²) in [5.74, 6) is 0. The van der Waals surface area contributed by atoms with Gasteiger partial charge in [-0.05, 0) is 36.4 Å². The Kier molecular flexibility index (Phi) is 12.6. The Morgan fingerprint density at radius 2 is 0.354 bits per heavy atom. The number of aryl methyl sites for hydroxylation is 3. The maximum atomic E-state index is 2.24. The van der Waals surface area contributed by atoms with Crippen LogP contribution in [0.2, 0.25) is 0 Å². The van der Waals surface area contributed by atoms with Gasteiger partial charge in [0.1, 0.15) is 0 Å². The predicted octanol–water partition coefficient (Wildman–Crippen LogP) is 13.1. The predicted molar refractivity (Wildman–Crippen MR) is 215 cm³/mol. The Morgan fingerprint density at radius 1 is 0.229 bits per heavy atom. The molecular weight excluding hydrogens is 583 g/mol. The number of para-hydroxylation sites is 6. The first kappa shape index (κ1) is 35.6. The molecule has 0 aliphatic rings. The van der Waals surface area contributed by atoms with Gasteiger partial charge >= 0.3 is 0 Å². The van der Waals surface area contributed by atoms with Gasteiger partial charge in [0.25, 0.3) is 0 Å². The molecule has 0 aliphatic heterocycles. The fourth-order valence-corrected chi connectivity index (χ4v) is 6.35. The van der Waals surface area contributed by atoms with E-state index in [9.17, 15) is 0 Å². The molecule has 3 nitrogen and oxygen atoms in total. The third kappa shape index (κ3) is 6.87. The molecule has 9 rings (SSSR count). The summed E-state index contributed by atoms with van der Waals surface area (Å²) in [6.07, 6.45) is 0. The second-order valence-corrected chi connectivity index (χ2v) is 10.8. The summed E-state index contributed by atoms with van der Waals surface area (Å²) >= 11 is 0. The van der Waals surface area contributed by atoms with Crippen LogP contribution in [0.1, 0.15) is 41.5 Å². The minimum atomic E-state index is 1.30. The van der Waals surface area contributed by atoms with Gasteiger partial charge in [-0.1, -0.05) is 151 Å². The van der Waals surface area contributed by atoms with Crippen LogP contribution >= 0.6 is 0 Å². The van der Waals surface area contributed by atoms with Gasteiger partial charge in [-0.3, -0.25) is 0 Å². The van der Waals surface area contributed by atoms with Gasteiger partial charge in [0.05, 0.1) is 0 Å². The molecule has 0 amide bonds. The fourth-order valence-electron chi connectivity index (χ4n) is 6.35. The van der Waals surface area contributed by atoms with Crippen molar-refractivity contribution < 1.29 is 0 Å². The lowest BCUT2D eigenvalue weighted by Gasteiger charge is -1.95. The highest BCUT2D eigenvalue weighted by Crippen LogP contribution is 2.29. The van der Waals surface area contributed by atoms with Crippen molar-refractivity contribution in [3.05, 3.63) is 146 Å². The van der Waals surface area contributed by atoms with Gasteiger partial charge in [-0.2, -0.15) is 0 Å². The Morgan fingerprint density at radius 3 is 0.500 bits per heavy atom. The number of hydrogen-bond acceptors (Lipinski definition) is 0. The van der Waals surface area contributed by atoms with Crippen LogP contribution in [-0.2, 0) is 21.1 Å². The molecule has 0 aliphatic carbocycles. The lowest BCUT2D eigenvalue weighted by molar-refractivity contribution is 1.01. The van der Waals surface area contributed by atoms with Crippen molar-refractivity contribution in [3.8, 4) is 0 Å². The van der Waals surface area contributed by atoms with E-state index >= 15 is 0 Å². The zero-order valence-corrected chi connectivity index (χ0v) is 30.2. The van der Waals surface area contributed by atoms with Gasteiger partial charge in [-0.15, -0.1) is 0 Å². The van der Waals surface area contributed by atoms with E-state index in [1.807, 2.05) is 41.5 Å². The van der Waals surface area contributed by atoms with Crippen molar-refractivity contribution in [1.82, 2.24) is 13.7 Å². The fraction of sp³-hybridized carbons (Fsp3) is 0.200. The Hall–Kier alpha value is -5.28. The van der Waals surface area contributed by atoms with E-state index in [2.05, 4.69) is 180 Å². The van der Waals surface area contributed by atoms with Crippen LogP contribution < -0.4 is 0 Å². The van der Waals surface area contributed by atoms with Gasteiger partial charge < -0.3 is 13.7 Å². The third-order valence-electron chi connectivity index (χ3n) is 8.46. The smallest absolute Gasteiger partial charge is 0.0488 e. The quantitative estimate of drug-likeness (QED) is 0.158. The summed E-state index contributed by atoms with van der Waals surface area (Å²) in [7, 11) is 6.35. The van der Waals surface area contributed by atoms with Crippen molar-refractivity contribution in [2.24, 2.45) is 21.1 Å². The van der Waals surface area contributed by atoms with Gasteiger partial charge in [-0.25, -0.2) is 0 Å². The van der Waals surface area contributed by atoms with Crippen LogP contribution in [-0.4, -0.2) is 13.7 Å². The normalized spacial score (nSPS) is 10.2. The summed E-state index contributed by atoms with van der Waals surface area (Å²) in [5.41, 5.74) is 7.80. The first-order valence-electron chi connectivity index (χ1n) is 17.4. The molecule has 0 fully saturated rings. The van der Waals surface area contributed by atoms with Crippen molar-refractivity contribution in [2.45, 2.75) is 41.5 Å². The highest BCUT2D eigenvalue weighted by Gasteiger charge is 2.07. The summed E-state index contributed by atoms with van der Waals surface area (Å²) in [4.78, 5) is 0. The highest BCUT2D eigenvalue weighted by atomic mass is 14.9. The van der Waals surface area contributed by atoms with E-state index in [-0.39, 0.29) is 0 Å². The molecule has 3 aromatic heterocycles. The molecule has 3 heterocycles. The average molecular weight is 634 g/mol. The van der Waals surface area contributed by atoms with Gasteiger partial charge in [0.2, 0.25) is 0 Å². The molecule has 0 unspecified atom stereocenters. The lowest BCUT2D eigenvalue weighted by atomic mass is 10.2. The van der Waals surface area contributed by atoms with E-state index in [4.69, 9.17) is 0 Å². The number of nitrogens with zero attached hydrogens (tertiary/aromatic N) is 3. The number of fused-ring (bicyclic) bond motifs is 9. The Bertz CT molecular complexity index is 1920. The minimum absolute atomic E-state index is 1.30. The van der Waals surface area contributed by atoms with Crippen LogP contribution in [0.5, 0.6) is 0 Å². The van der Waals surface area contributed by atoms with Crippen LogP contribution in [0, 0.1) is 0 Å². The third-order valence-corrected chi connectivity index (χ3v) is 8.46. The molecule has 48 heavy (non-hydrogen) atoms. The van der Waals surface area contributed by atoms with E-state index in [1.54, 1.807) is 0 Å². The van der Waals surface area contributed by atoms with Crippen LogP contribution in [0.25, 0.3) is 65.4 Å². The Balaban J connectivity index is 0.000000151. The largest absolute Gasteiger partial charge is 0.344 e. The van der Waals surface area contributed by atoms with E-state index in [1.165, 1.54) is 65.4 Å². The number of aromatic nitrogens is 3. The number of benzene rings is 6. The van der Waals surface area contributed by atoms with Crippen molar-refractivity contribution in [2.75, 3.05) is 0 Å². The summed E-state index contributed by atoms with van der Waals surface area (Å²) in [6, 6.07) is 51.1. The Labute approximate surface area is 286 Å². The molecule has 0 atom stereocenters. The molecule has 0 saturated heterocycles. The maximum absolute atomic E-state index is 2.24. The van der Waals surface area contributed by atoms with Crippen LogP contribution in [0.3, 0.4) is 0 Å². The summed E-state index contributed by atoms with van der Waals surface area (Å²) in [5, 5.41) is 8.03. The average Bonchev–Trinajstić information content (AvgIpc) is 3.76. The second-order valence-electron chi connectivity index (χ2n) is 10.8. The first-order valence-corrected chi connectivity index (χ1v) is 17.4. The standard InChI is InChI=1S/3C13H11N.3C2H6/c3*1-14-12-8-4-2-6-10(12)11-7-3-5-9-13(11)14;3*1-2/h3*2-9H,1H3;3*1-2H3. The van der Waals surface area contributed by atoms with Gasteiger partial charge in [0, 0.05) is 86.6 Å². The number of rotatable bonds is 0. The molecule has 0 N–H and O–H groups in total. The van der Waals surface area contributed by atoms with E-state index < -0.39 is 0 Å². The lowest BCUT2D eigenvalue weighted by Crippen LogP contribution is -1.84. The first-order chi connectivity index (χ1) is 23.6. The number of hydrogen-bond donors (Lipinski definition) is 0. The summed E-state index contributed by atoms with van der Waals surface area (Å²) < 4.78 is 6.72. The highest BCUT2D eigenvalue weighted by molar-refractivity contribution is 6.09. The van der Waals surface area contributed by atoms with E-state index in [0.717, 1.165) is 0 Å². The molecule has 0 spiro atoms. The molecule has 0 radical (unpaired) electrons. The van der Waals surface area contributed by atoms with Crippen LogP contribution in [0.15, 0.2) is 146 Å². The minimum Gasteiger partial charge on any atom is -0.344 e. The topological polar surface area (TPSA) is 14.8 Å². The molecule has 0 saturated carbocycles. The monoisotopic (exact) mass is 633 g/mol. The molecule has 6 aromatic carbocycles. The van der Waals surface area contributed by atoms with Gasteiger partial charge in [0.15, 0.2) is 0 Å². The van der Waals surface area contributed by atoms with Crippen molar-refractivity contribution in [1.29, 1.82) is 0 Å². The SMILES string of the molecule is CC.CC.CC.Cn1c2ccccc2c2ccccc21.Cn1c2ccccc2c2ccccc21.Cn1c2ccccc2c2ccccc21. The molecular formula is C45H51N3. The molecule has 0 bridgehead atoms. The zero-order valence-electron chi connectivity index (χ0n) is 30.2. The molecule has 9 aromatic rings. The van der Waals surface area contributed by atoms with Crippen molar-refractivity contribution in [3.63, 3.8) is 0 Å². The maximum Gasteiger partial charge on any atom is 0.0488 e. The summed E-state index contributed by atoms with van der Waals surface area (Å²) in [6.45, 7) is 12.0. The van der Waals surface area contributed by atoms with Crippen molar-refractivity contribution >= 4 is 65.4 Å². The second kappa shape index (κ2) is 17.0. The zero-order chi connectivity index (χ0) is 34.6. The van der Waals surface area contributed by atoms with Crippen LogP contribution in [0.4, 0.5) is 0 Å².